The molecule has 0 unspecified atom stereocenters. The number of benzene rings is 3. The second-order valence-electron chi connectivity index (χ2n) is 11.7. The lowest BCUT2D eigenvalue weighted by atomic mass is 10.1. The van der Waals surface area contributed by atoms with Crippen LogP contribution >= 0.6 is 11.6 Å². The molecule has 3 aromatic carbocycles. The van der Waals surface area contributed by atoms with E-state index in [1.165, 1.54) is 42.5 Å². The van der Waals surface area contributed by atoms with E-state index in [0.29, 0.717) is 29.1 Å². The average molecular weight is 759 g/mol. The second-order valence-corrected chi connectivity index (χ2v) is 12.1. The highest BCUT2D eigenvalue weighted by atomic mass is 35.5. The van der Waals surface area contributed by atoms with Crippen LogP contribution in [0.25, 0.3) is 0 Å². The summed E-state index contributed by atoms with van der Waals surface area (Å²) in [6, 6.07) is 16.1. The molecule has 278 valence electrons. The Hall–Kier alpha value is -6.04. The summed E-state index contributed by atoms with van der Waals surface area (Å²) in [5, 5.41) is 13.5. The number of alkyl halides is 3. The Morgan fingerprint density at radius 3 is 2.23 bits per heavy atom. The summed E-state index contributed by atoms with van der Waals surface area (Å²) in [4.78, 5) is 62.2. The molecule has 3 amide bonds. The second kappa shape index (κ2) is 16.5. The lowest BCUT2D eigenvalue weighted by Gasteiger charge is -2.19. The van der Waals surface area contributed by atoms with Gasteiger partial charge in [0, 0.05) is 29.4 Å². The molecule has 53 heavy (non-hydrogen) atoms. The quantitative estimate of drug-likeness (QED) is 0.0707. The van der Waals surface area contributed by atoms with Crippen molar-refractivity contribution in [2.45, 2.75) is 37.1 Å². The number of methoxy groups -OCH3 is 1. The number of esters is 1. The summed E-state index contributed by atoms with van der Waals surface area (Å²) in [7, 11) is 1.07. The molecule has 5 rings (SSSR count). The number of hydrogen-bond acceptors (Lipinski definition) is 11. The molecule has 4 aromatic rings. The number of amides is 3. The number of hydrogen-bond donors (Lipinski definition) is 5. The van der Waals surface area contributed by atoms with Crippen molar-refractivity contribution >= 4 is 52.9 Å². The van der Waals surface area contributed by atoms with Crippen molar-refractivity contribution in [1.29, 1.82) is 0 Å². The van der Waals surface area contributed by atoms with Crippen molar-refractivity contribution in [3.63, 3.8) is 0 Å². The Labute approximate surface area is 304 Å². The van der Waals surface area contributed by atoms with Crippen LogP contribution in [0.4, 0.5) is 35.1 Å². The van der Waals surface area contributed by atoms with E-state index in [9.17, 15) is 36.7 Å². The van der Waals surface area contributed by atoms with Crippen molar-refractivity contribution < 1.29 is 46.2 Å². The van der Waals surface area contributed by atoms with Gasteiger partial charge in [-0.15, -0.1) is 0 Å². The molecule has 1 saturated carbocycles. The van der Waals surface area contributed by atoms with Gasteiger partial charge in [0.15, 0.2) is 6.61 Å². The fourth-order valence-corrected chi connectivity index (χ4v) is 4.99. The van der Waals surface area contributed by atoms with Crippen LogP contribution in [-0.4, -0.2) is 71.1 Å². The van der Waals surface area contributed by atoms with Gasteiger partial charge in [0.25, 0.3) is 5.91 Å². The van der Waals surface area contributed by atoms with E-state index >= 15 is 0 Å². The molecule has 14 nitrogen and oxygen atoms in total. The number of nitrogens with one attached hydrogen (secondary N) is 5. The molecule has 0 spiro atoms. The van der Waals surface area contributed by atoms with Gasteiger partial charge >= 0.3 is 30.0 Å². The number of carbonyl (C=O) groups is 4. The van der Waals surface area contributed by atoms with Gasteiger partial charge in [-0.2, -0.15) is 28.1 Å². The number of aromatic nitrogens is 3. The summed E-state index contributed by atoms with van der Waals surface area (Å²) < 4.78 is 61.7. The van der Waals surface area contributed by atoms with Crippen LogP contribution in [0, 0.1) is 5.82 Å². The minimum Gasteiger partial charge on any atom is -0.467 e. The minimum absolute atomic E-state index is 0.0480. The van der Waals surface area contributed by atoms with Gasteiger partial charge in [-0.3, -0.25) is 14.4 Å². The fraction of sp³-hybridized carbons (Fsp3) is 0.265. The summed E-state index contributed by atoms with van der Waals surface area (Å²) in [5.74, 6) is -4.55. The molecule has 1 atom stereocenters. The lowest BCUT2D eigenvalue weighted by Crippen LogP contribution is -2.51. The van der Waals surface area contributed by atoms with Crippen molar-refractivity contribution in [1.82, 2.24) is 30.9 Å². The van der Waals surface area contributed by atoms with E-state index in [4.69, 9.17) is 21.1 Å². The van der Waals surface area contributed by atoms with E-state index < -0.39 is 66.4 Å². The number of anilines is 3. The third-order valence-electron chi connectivity index (χ3n) is 7.69. The van der Waals surface area contributed by atoms with Crippen molar-refractivity contribution in [2.24, 2.45) is 0 Å². The molecule has 0 aliphatic heterocycles. The molecule has 1 aromatic heterocycles. The molecule has 1 heterocycles. The zero-order valence-electron chi connectivity index (χ0n) is 27.7. The number of nitrogens with zero attached hydrogens (tertiary/aromatic N) is 3. The van der Waals surface area contributed by atoms with E-state index in [0.717, 1.165) is 12.7 Å². The molecule has 1 fully saturated rings. The van der Waals surface area contributed by atoms with Gasteiger partial charge in [-0.1, -0.05) is 35.9 Å². The van der Waals surface area contributed by atoms with Crippen LogP contribution in [0.15, 0.2) is 72.8 Å². The first-order chi connectivity index (χ1) is 25.2. The first-order valence-electron chi connectivity index (χ1n) is 15.8. The van der Waals surface area contributed by atoms with Crippen LogP contribution < -0.4 is 31.3 Å². The zero-order chi connectivity index (χ0) is 38.2. The Bertz CT molecular complexity index is 1960. The molecular weight excluding hydrogens is 728 g/mol. The largest absolute Gasteiger partial charge is 0.467 e. The van der Waals surface area contributed by atoms with Crippen molar-refractivity contribution in [2.75, 3.05) is 30.9 Å². The smallest absolute Gasteiger partial charge is 0.422 e. The highest BCUT2D eigenvalue weighted by molar-refractivity contribution is 6.35. The topological polar surface area (TPSA) is 186 Å². The molecular formula is C34H31ClF4N8O6. The monoisotopic (exact) mass is 758 g/mol. The van der Waals surface area contributed by atoms with Crippen LogP contribution in [0.1, 0.15) is 34.3 Å². The first kappa shape index (κ1) is 38.2. The molecule has 1 aliphatic rings. The van der Waals surface area contributed by atoms with Gasteiger partial charge in [-0.25, -0.2) is 9.18 Å². The maximum Gasteiger partial charge on any atom is 0.422 e. The maximum atomic E-state index is 13.4. The summed E-state index contributed by atoms with van der Waals surface area (Å²) in [6.45, 7) is -2.27. The van der Waals surface area contributed by atoms with E-state index in [2.05, 4.69) is 41.5 Å². The summed E-state index contributed by atoms with van der Waals surface area (Å²) in [6.07, 6.45) is -3.26. The Morgan fingerprint density at radius 2 is 1.58 bits per heavy atom. The van der Waals surface area contributed by atoms with Gasteiger partial charge in [0.1, 0.15) is 11.9 Å². The predicted octanol–water partition coefficient (Wildman–Crippen LogP) is 4.15. The number of halogens is 5. The highest BCUT2D eigenvalue weighted by Crippen LogP contribution is 2.48. The Balaban J connectivity index is 1.22. The van der Waals surface area contributed by atoms with Gasteiger partial charge in [0.05, 0.1) is 12.6 Å². The molecule has 0 radical (unpaired) electrons. The highest BCUT2D eigenvalue weighted by Gasteiger charge is 2.45. The molecule has 1 aliphatic carbocycles. The van der Waals surface area contributed by atoms with Crippen LogP contribution in [0.3, 0.4) is 0 Å². The van der Waals surface area contributed by atoms with E-state index in [1.807, 2.05) is 12.1 Å². The normalized spacial score (nSPS) is 13.5. The average Bonchev–Trinajstić information content (AvgIpc) is 3.91. The minimum atomic E-state index is -4.65. The van der Waals surface area contributed by atoms with E-state index in [-0.39, 0.29) is 24.0 Å². The van der Waals surface area contributed by atoms with Crippen LogP contribution in [0.2, 0.25) is 5.02 Å². The summed E-state index contributed by atoms with van der Waals surface area (Å²) >= 11 is 6.02. The zero-order valence-corrected chi connectivity index (χ0v) is 28.5. The van der Waals surface area contributed by atoms with Crippen LogP contribution in [0.5, 0.6) is 6.01 Å². The van der Waals surface area contributed by atoms with Crippen molar-refractivity contribution in [3.8, 4) is 6.01 Å². The molecule has 5 N–H and O–H groups in total. The molecule has 19 heteroatoms. The maximum absolute atomic E-state index is 13.4. The Morgan fingerprint density at radius 1 is 0.906 bits per heavy atom. The molecule has 0 saturated heterocycles. The lowest BCUT2D eigenvalue weighted by molar-refractivity contribution is -0.154. The molecule has 0 bridgehead atoms. The van der Waals surface area contributed by atoms with Gasteiger partial charge < -0.3 is 36.1 Å². The van der Waals surface area contributed by atoms with Crippen molar-refractivity contribution in [3.05, 3.63) is 100 Å². The summed E-state index contributed by atoms with van der Waals surface area (Å²) in [5.41, 5.74) is 1.11. The Kier molecular flexibility index (Phi) is 11.9. The standard InChI is InChI=1S/C34H31ClF4N8O6/c1-52-29(51)25(17-41-28(50)27(49)40-16-19-3-2-4-23(36)15-19)43-26(48)20-5-11-24(12-6-20)42-30-44-31(46-32(45-30)53-18-34(37,38)39)47-33(13-14-33)21-7-9-22(35)10-8-21/h2-12,15,25H,13-14,16-18H2,1H3,(H,40,49)(H,41,50)(H,43,48)(H2,42,44,45,46,47)/t25-/m0/s1. The number of ether oxygens (including phenoxy) is 2. The first-order valence-corrected chi connectivity index (χ1v) is 16.2. The van der Waals surface area contributed by atoms with Crippen LogP contribution in [-0.2, 0) is 31.2 Å². The third-order valence-corrected chi connectivity index (χ3v) is 7.94. The van der Waals surface area contributed by atoms with Gasteiger partial charge in [-0.05, 0) is 72.5 Å². The predicted molar refractivity (Wildman–Crippen MR) is 182 cm³/mol. The van der Waals surface area contributed by atoms with Gasteiger partial charge in [0.2, 0.25) is 11.9 Å². The number of rotatable bonds is 14. The number of carbonyl (C=O) groups excluding carboxylic acids is 4. The fourth-order valence-electron chi connectivity index (χ4n) is 4.87. The van der Waals surface area contributed by atoms with E-state index in [1.54, 1.807) is 18.2 Å². The third kappa shape index (κ3) is 11.0. The SMILES string of the molecule is COC(=O)[C@H](CNC(=O)C(=O)NCc1cccc(F)c1)NC(=O)c1ccc(Nc2nc(NC3(c4ccc(Cl)cc4)CC3)nc(OCC(F)(F)F)n2)cc1.